The standard InChI is InChI=1S/C17H17N3O2/c1-3-20-11-9-12-14(8-10-18-16(12)20)19-17(21)13-6-4-5-7-15(13)22-2/h4-11H,3H2,1-2H3,(H,18,19,21). The molecule has 1 amide bonds. The molecule has 0 bridgehead atoms. The minimum absolute atomic E-state index is 0.200. The molecule has 5 heteroatoms. The third kappa shape index (κ3) is 2.41. The number of ether oxygens (including phenoxy) is 1. The molecule has 0 saturated carbocycles. The summed E-state index contributed by atoms with van der Waals surface area (Å²) in [5.74, 6) is 0.352. The first-order valence-corrected chi connectivity index (χ1v) is 7.12. The van der Waals surface area contributed by atoms with Crippen LogP contribution in [0.15, 0.2) is 48.8 Å². The lowest BCUT2D eigenvalue weighted by atomic mass is 10.1. The van der Waals surface area contributed by atoms with Crippen molar-refractivity contribution in [3.05, 3.63) is 54.4 Å². The first-order chi connectivity index (χ1) is 10.7. The zero-order valence-corrected chi connectivity index (χ0v) is 12.5. The maximum Gasteiger partial charge on any atom is 0.259 e. The average molecular weight is 295 g/mol. The van der Waals surface area contributed by atoms with Crippen LogP contribution in [0.1, 0.15) is 17.3 Å². The van der Waals surface area contributed by atoms with E-state index >= 15 is 0 Å². The number of methoxy groups -OCH3 is 1. The maximum absolute atomic E-state index is 12.5. The number of hydrogen-bond donors (Lipinski definition) is 1. The monoisotopic (exact) mass is 295 g/mol. The molecule has 3 rings (SSSR count). The third-order valence-corrected chi connectivity index (χ3v) is 3.60. The van der Waals surface area contributed by atoms with Gasteiger partial charge in [-0.1, -0.05) is 12.1 Å². The van der Waals surface area contributed by atoms with Gasteiger partial charge in [0.2, 0.25) is 0 Å². The summed E-state index contributed by atoms with van der Waals surface area (Å²) in [6.07, 6.45) is 3.67. The number of pyridine rings is 1. The Labute approximate surface area is 128 Å². The van der Waals surface area contributed by atoms with Crippen molar-refractivity contribution < 1.29 is 9.53 Å². The molecule has 0 spiro atoms. The summed E-state index contributed by atoms with van der Waals surface area (Å²) in [4.78, 5) is 16.9. The number of para-hydroxylation sites is 1. The highest BCUT2D eigenvalue weighted by Gasteiger charge is 2.14. The van der Waals surface area contributed by atoms with Gasteiger partial charge in [0.1, 0.15) is 11.4 Å². The molecule has 0 saturated heterocycles. The molecule has 2 heterocycles. The van der Waals surface area contributed by atoms with Crippen LogP contribution >= 0.6 is 0 Å². The SMILES string of the molecule is CCn1ccc2c(NC(=O)c3ccccc3OC)ccnc21. The van der Waals surface area contributed by atoms with Gasteiger partial charge in [-0.25, -0.2) is 4.98 Å². The van der Waals surface area contributed by atoms with E-state index in [2.05, 4.69) is 17.2 Å². The van der Waals surface area contributed by atoms with Crippen LogP contribution in [0.2, 0.25) is 0 Å². The van der Waals surface area contributed by atoms with Gasteiger partial charge < -0.3 is 14.6 Å². The summed E-state index contributed by atoms with van der Waals surface area (Å²) in [6.45, 7) is 2.89. The highest BCUT2D eigenvalue weighted by atomic mass is 16.5. The normalized spacial score (nSPS) is 10.6. The number of aromatic nitrogens is 2. The quantitative estimate of drug-likeness (QED) is 0.803. The molecule has 112 valence electrons. The minimum atomic E-state index is -0.200. The number of benzene rings is 1. The molecule has 1 N–H and O–H groups in total. The first-order valence-electron chi connectivity index (χ1n) is 7.12. The average Bonchev–Trinajstić information content (AvgIpc) is 2.99. The van der Waals surface area contributed by atoms with Crippen molar-refractivity contribution in [1.82, 2.24) is 9.55 Å². The number of nitrogens with zero attached hydrogens (tertiary/aromatic N) is 2. The van der Waals surface area contributed by atoms with Gasteiger partial charge in [0, 0.05) is 24.3 Å². The number of anilines is 1. The zero-order chi connectivity index (χ0) is 15.5. The third-order valence-electron chi connectivity index (χ3n) is 3.60. The van der Waals surface area contributed by atoms with E-state index < -0.39 is 0 Å². The van der Waals surface area contributed by atoms with Crippen LogP contribution in [0.3, 0.4) is 0 Å². The van der Waals surface area contributed by atoms with Crippen molar-refractivity contribution in [1.29, 1.82) is 0 Å². The highest BCUT2D eigenvalue weighted by molar-refractivity contribution is 6.09. The molecule has 5 nitrogen and oxygen atoms in total. The zero-order valence-electron chi connectivity index (χ0n) is 12.5. The molecule has 0 fully saturated rings. The van der Waals surface area contributed by atoms with Crippen molar-refractivity contribution in [3.8, 4) is 5.75 Å². The van der Waals surface area contributed by atoms with Gasteiger partial charge in [-0.3, -0.25) is 4.79 Å². The number of rotatable bonds is 4. The number of amides is 1. The molecule has 2 aromatic heterocycles. The van der Waals surface area contributed by atoms with E-state index in [1.807, 2.05) is 29.0 Å². The molecular formula is C17H17N3O2. The summed E-state index contributed by atoms with van der Waals surface area (Å²) in [5.41, 5.74) is 2.11. The van der Waals surface area contributed by atoms with Crippen molar-refractivity contribution in [2.24, 2.45) is 0 Å². The maximum atomic E-state index is 12.5. The van der Waals surface area contributed by atoms with Crippen molar-refractivity contribution in [3.63, 3.8) is 0 Å². The molecule has 0 aliphatic rings. The van der Waals surface area contributed by atoms with E-state index in [4.69, 9.17) is 4.74 Å². The largest absolute Gasteiger partial charge is 0.496 e. The molecular weight excluding hydrogens is 278 g/mol. The topological polar surface area (TPSA) is 56.2 Å². The van der Waals surface area contributed by atoms with E-state index in [0.29, 0.717) is 11.3 Å². The summed E-state index contributed by atoms with van der Waals surface area (Å²) in [7, 11) is 1.55. The van der Waals surface area contributed by atoms with Crippen LogP contribution in [0.4, 0.5) is 5.69 Å². The van der Waals surface area contributed by atoms with E-state index in [-0.39, 0.29) is 5.91 Å². The van der Waals surface area contributed by atoms with E-state index in [9.17, 15) is 4.79 Å². The Bertz CT molecular complexity index is 824. The van der Waals surface area contributed by atoms with E-state index in [0.717, 1.165) is 23.3 Å². The fraction of sp³-hybridized carbons (Fsp3) is 0.176. The smallest absolute Gasteiger partial charge is 0.259 e. The first kappa shape index (κ1) is 14.1. The van der Waals surface area contributed by atoms with Gasteiger partial charge >= 0.3 is 0 Å². The van der Waals surface area contributed by atoms with Gasteiger partial charge in [-0.15, -0.1) is 0 Å². The number of carbonyl (C=O) groups excluding carboxylic acids is 1. The van der Waals surface area contributed by atoms with Gasteiger partial charge in [0.15, 0.2) is 0 Å². The molecule has 22 heavy (non-hydrogen) atoms. The molecule has 3 aromatic rings. The molecule has 0 aliphatic heterocycles. The molecule has 0 radical (unpaired) electrons. The second-order valence-corrected chi connectivity index (χ2v) is 4.85. The summed E-state index contributed by atoms with van der Waals surface area (Å²) < 4.78 is 7.27. The Hall–Kier alpha value is -2.82. The lowest BCUT2D eigenvalue weighted by Crippen LogP contribution is -2.13. The van der Waals surface area contributed by atoms with E-state index in [1.54, 1.807) is 31.5 Å². The van der Waals surface area contributed by atoms with Crippen molar-refractivity contribution in [2.75, 3.05) is 12.4 Å². The second kappa shape index (κ2) is 5.89. The van der Waals surface area contributed by atoms with Crippen molar-refractivity contribution in [2.45, 2.75) is 13.5 Å². The Morgan fingerprint density at radius 1 is 1.27 bits per heavy atom. The number of aryl methyl sites for hydroxylation is 1. The molecule has 0 unspecified atom stereocenters. The fourth-order valence-electron chi connectivity index (χ4n) is 2.48. The van der Waals surface area contributed by atoms with Crippen LogP contribution in [-0.4, -0.2) is 22.6 Å². The number of hydrogen-bond acceptors (Lipinski definition) is 3. The van der Waals surface area contributed by atoms with Gasteiger partial charge in [-0.05, 0) is 31.2 Å². The van der Waals surface area contributed by atoms with Crippen LogP contribution in [0.25, 0.3) is 11.0 Å². The summed E-state index contributed by atoms with van der Waals surface area (Å²) in [5, 5.41) is 3.86. The van der Waals surface area contributed by atoms with Crippen LogP contribution in [0, 0.1) is 0 Å². The number of carbonyl (C=O) groups is 1. The lowest BCUT2D eigenvalue weighted by Gasteiger charge is -2.10. The Balaban J connectivity index is 1.96. The molecule has 0 atom stereocenters. The molecule has 1 aromatic carbocycles. The molecule has 0 aliphatic carbocycles. The minimum Gasteiger partial charge on any atom is -0.496 e. The summed E-state index contributed by atoms with van der Waals surface area (Å²) >= 11 is 0. The number of fused-ring (bicyclic) bond motifs is 1. The predicted octanol–water partition coefficient (Wildman–Crippen LogP) is 3.32. The Morgan fingerprint density at radius 2 is 2.09 bits per heavy atom. The number of nitrogens with one attached hydrogen (secondary N) is 1. The summed E-state index contributed by atoms with van der Waals surface area (Å²) in [6, 6.07) is 10.9. The highest BCUT2D eigenvalue weighted by Crippen LogP contribution is 2.25. The van der Waals surface area contributed by atoms with Gasteiger partial charge in [-0.2, -0.15) is 0 Å². The Morgan fingerprint density at radius 3 is 2.86 bits per heavy atom. The van der Waals surface area contributed by atoms with E-state index in [1.165, 1.54) is 0 Å². The van der Waals surface area contributed by atoms with Gasteiger partial charge in [0.05, 0.1) is 18.4 Å². The predicted molar refractivity (Wildman–Crippen MR) is 86.4 cm³/mol. The lowest BCUT2D eigenvalue weighted by molar-refractivity contribution is 0.102. The van der Waals surface area contributed by atoms with Crippen LogP contribution in [-0.2, 0) is 6.54 Å². The Kier molecular flexibility index (Phi) is 3.78. The second-order valence-electron chi connectivity index (χ2n) is 4.85. The van der Waals surface area contributed by atoms with Crippen LogP contribution in [0.5, 0.6) is 5.75 Å². The van der Waals surface area contributed by atoms with Crippen molar-refractivity contribution >= 4 is 22.6 Å². The van der Waals surface area contributed by atoms with Crippen LogP contribution < -0.4 is 10.1 Å². The van der Waals surface area contributed by atoms with Gasteiger partial charge in [0.25, 0.3) is 5.91 Å². The fourth-order valence-corrected chi connectivity index (χ4v) is 2.48.